The van der Waals surface area contributed by atoms with Gasteiger partial charge in [0.1, 0.15) is 0 Å². The number of rotatable bonds is 1. The predicted molar refractivity (Wildman–Crippen MR) is 65.5 cm³/mol. The largest absolute Gasteiger partial charge is 0.351 e. The minimum atomic E-state index is 0.0527. The van der Waals surface area contributed by atoms with Crippen molar-refractivity contribution < 1.29 is 4.79 Å². The molecule has 2 aromatic rings. The summed E-state index contributed by atoms with van der Waals surface area (Å²) in [4.78, 5) is 14.6. The summed E-state index contributed by atoms with van der Waals surface area (Å²) < 4.78 is 0.881. The van der Waals surface area contributed by atoms with E-state index >= 15 is 0 Å². The van der Waals surface area contributed by atoms with Gasteiger partial charge in [-0.05, 0) is 40.9 Å². The molecule has 0 radical (unpaired) electrons. The van der Waals surface area contributed by atoms with Gasteiger partial charge in [0.05, 0.1) is 15.7 Å². The van der Waals surface area contributed by atoms with E-state index in [1.807, 2.05) is 13.8 Å². The van der Waals surface area contributed by atoms with E-state index in [9.17, 15) is 4.79 Å². The average Bonchev–Trinajstić information content (AvgIpc) is 2.51. The molecule has 3 heteroatoms. The van der Waals surface area contributed by atoms with E-state index in [0.29, 0.717) is 5.69 Å². The van der Waals surface area contributed by atoms with Crippen LogP contribution in [-0.4, -0.2) is 10.8 Å². The Morgan fingerprint density at radius 1 is 1.27 bits per heavy atom. The molecule has 0 aliphatic carbocycles. The Balaban J connectivity index is 2.93. The topological polar surface area (TPSA) is 32.9 Å². The van der Waals surface area contributed by atoms with Gasteiger partial charge >= 0.3 is 0 Å². The van der Waals surface area contributed by atoms with Crippen molar-refractivity contribution >= 4 is 32.6 Å². The fourth-order valence-electron chi connectivity index (χ4n) is 1.80. The highest BCUT2D eigenvalue weighted by molar-refractivity contribution is 9.10. The molecule has 2 nitrogen and oxygen atoms in total. The first-order chi connectivity index (χ1) is 7.02. The number of halogens is 1. The molecule has 0 atom stereocenters. The number of carbonyl (C=O) groups is 1. The number of aryl methyl sites for hydroxylation is 2. The van der Waals surface area contributed by atoms with E-state index < -0.39 is 0 Å². The van der Waals surface area contributed by atoms with Gasteiger partial charge in [-0.25, -0.2) is 0 Å². The molecule has 0 saturated carbocycles. The van der Waals surface area contributed by atoms with Crippen molar-refractivity contribution in [3.63, 3.8) is 0 Å². The van der Waals surface area contributed by atoms with Crippen molar-refractivity contribution in [3.8, 4) is 0 Å². The highest BCUT2D eigenvalue weighted by atomic mass is 79.9. The fraction of sp³-hybridized carbons (Fsp3) is 0.250. The third-order valence-corrected chi connectivity index (χ3v) is 3.46. The van der Waals surface area contributed by atoms with Crippen LogP contribution in [0.2, 0.25) is 0 Å². The number of hydrogen-bond acceptors (Lipinski definition) is 1. The number of nitrogens with one attached hydrogen (secondary N) is 1. The monoisotopic (exact) mass is 265 g/mol. The third kappa shape index (κ3) is 1.51. The van der Waals surface area contributed by atoms with Crippen LogP contribution in [-0.2, 0) is 0 Å². The van der Waals surface area contributed by atoms with Gasteiger partial charge < -0.3 is 4.98 Å². The number of fused-ring (bicyclic) bond motifs is 1. The molecule has 1 heterocycles. The van der Waals surface area contributed by atoms with Gasteiger partial charge in [0.25, 0.3) is 0 Å². The fourth-order valence-corrected chi connectivity index (χ4v) is 2.69. The van der Waals surface area contributed by atoms with E-state index in [-0.39, 0.29) is 5.78 Å². The summed E-state index contributed by atoms with van der Waals surface area (Å²) in [7, 11) is 0. The second-order valence-electron chi connectivity index (χ2n) is 3.82. The molecule has 1 N–H and O–H groups in total. The number of ketones is 1. The van der Waals surface area contributed by atoms with Gasteiger partial charge in [0.2, 0.25) is 0 Å². The highest BCUT2D eigenvalue weighted by Gasteiger charge is 2.15. The van der Waals surface area contributed by atoms with Gasteiger partial charge in [-0.3, -0.25) is 4.79 Å². The summed E-state index contributed by atoms with van der Waals surface area (Å²) in [5.74, 6) is 0.0527. The quantitative estimate of drug-likeness (QED) is 0.783. The lowest BCUT2D eigenvalue weighted by Gasteiger charge is -1.99. The maximum atomic E-state index is 11.4. The molecular weight excluding hydrogens is 254 g/mol. The molecule has 0 unspecified atom stereocenters. The van der Waals surface area contributed by atoms with Crippen LogP contribution in [0.1, 0.15) is 28.5 Å². The molecule has 1 aromatic carbocycles. The Hall–Kier alpha value is -1.09. The van der Waals surface area contributed by atoms with E-state index in [0.717, 1.165) is 20.9 Å². The van der Waals surface area contributed by atoms with Crippen LogP contribution >= 0.6 is 15.9 Å². The van der Waals surface area contributed by atoms with Crippen molar-refractivity contribution in [2.75, 3.05) is 0 Å². The van der Waals surface area contributed by atoms with Crippen LogP contribution < -0.4 is 0 Å². The maximum Gasteiger partial charge on any atom is 0.177 e. The van der Waals surface area contributed by atoms with Crippen molar-refractivity contribution in [2.24, 2.45) is 0 Å². The summed E-state index contributed by atoms with van der Waals surface area (Å²) >= 11 is 3.49. The molecule has 0 fully saturated rings. The molecule has 0 spiro atoms. The number of H-pyrrole nitrogens is 1. The summed E-state index contributed by atoms with van der Waals surface area (Å²) in [5.41, 5.74) is 4.03. The van der Waals surface area contributed by atoms with Gasteiger partial charge in [-0.2, -0.15) is 0 Å². The number of carbonyl (C=O) groups excluding carboxylic acids is 1. The zero-order valence-electron chi connectivity index (χ0n) is 8.94. The Morgan fingerprint density at radius 3 is 2.40 bits per heavy atom. The van der Waals surface area contributed by atoms with E-state index in [2.05, 4.69) is 33.0 Å². The Morgan fingerprint density at radius 2 is 1.87 bits per heavy atom. The second-order valence-corrected chi connectivity index (χ2v) is 4.61. The van der Waals surface area contributed by atoms with Crippen LogP contribution in [0.5, 0.6) is 0 Å². The number of aromatic amines is 1. The molecule has 1 aromatic heterocycles. The first-order valence-electron chi connectivity index (χ1n) is 4.80. The predicted octanol–water partition coefficient (Wildman–Crippen LogP) is 3.75. The van der Waals surface area contributed by atoms with Crippen molar-refractivity contribution in [1.82, 2.24) is 4.98 Å². The SMILES string of the molecule is CC(=O)c1[nH]c2c(C)ccc(C)c2c1Br. The summed E-state index contributed by atoms with van der Waals surface area (Å²) in [6.45, 7) is 5.65. The third-order valence-electron chi connectivity index (χ3n) is 2.66. The zero-order valence-corrected chi connectivity index (χ0v) is 10.5. The first kappa shape index (κ1) is 10.4. The zero-order chi connectivity index (χ0) is 11.2. The van der Waals surface area contributed by atoms with Gasteiger partial charge in [-0.1, -0.05) is 12.1 Å². The van der Waals surface area contributed by atoms with Crippen LogP contribution in [0.3, 0.4) is 0 Å². The van der Waals surface area contributed by atoms with E-state index in [1.54, 1.807) is 6.92 Å². The molecule has 78 valence electrons. The van der Waals surface area contributed by atoms with Crippen LogP contribution in [0.4, 0.5) is 0 Å². The van der Waals surface area contributed by atoms with Gasteiger partial charge in [0.15, 0.2) is 5.78 Å². The van der Waals surface area contributed by atoms with Crippen molar-refractivity contribution in [3.05, 3.63) is 33.4 Å². The van der Waals surface area contributed by atoms with Crippen molar-refractivity contribution in [2.45, 2.75) is 20.8 Å². The van der Waals surface area contributed by atoms with E-state index in [4.69, 9.17) is 0 Å². The van der Waals surface area contributed by atoms with E-state index in [1.165, 1.54) is 5.56 Å². The molecule has 0 bridgehead atoms. The lowest BCUT2D eigenvalue weighted by Crippen LogP contribution is -1.92. The molecule has 2 rings (SSSR count). The standard InChI is InChI=1S/C12H12BrNO/c1-6-4-5-7(2)11-9(6)10(13)12(14-11)8(3)15/h4-5,14H,1-3H3. The summed E-state index contributed by atoms with van der Waals surface area (Å²) in [6, 6.07) is 4.13. The van der Waals surface area contributed by atoms with Crippen LogP contribution in [0, 0.1) is 13.8 Å². The Kier molecular flexibility index (Phi) is 2.43. The van der Waals surface area contributed by atoms with Gasteiger partial charge in [-0.15, -0.1) is 0 Å². The Bertz CT molecular complexity index is 554. The normalized spacial score (nSPS) is 10.9. The molecule has 0 aliphatic rings. The molecule has 0 saturated heterocycles. The Labute approximate surface area is 96.8 Å². The second kappa shape index (κ2) is 3.49. The minimum Gasteiger partial charge on any atom is -0.351 e. The maximum absolute atomic E-state index is 11.4. The first-order valence-corrected chi connectivity index (χ1v) is 5.60. The number of benzene rings is 1. The average molecular weight is 266 g/mol. The number of aromatic nitrogens is 1. The van der Waals surface area contributed by atoms with Crippen LogP contribution in [0.15, 0.2) is 16.6 Å². The molecule has 0 amide bonds. The molecule has 0 aliphatic heterocycles. The van der Waals surface area contributed by atoms with Gasteiger partial charge in [0, 0.05) is 12.3 Å². The number of Topliss-reactive ketones (excluding diaryl/α,β-unsaturated/α-hetero) is 1. The van der Waals surface area contributed by atoms with Crippen LogP contribution in [0.25, 0.3) is 10.9 Å². The van der Waals surface area contributed by atoms with Crippen molar-refractivity contribution in [1.29, 1.82) is 0 Å². The lowest BCUT2D eigenvalue weighted by molar-refractivity contribution is 0.101. The minimum absolute atomic E-state index is 0.0527. The summed E-state index contributed by atoms with van der Waals surface area (Å²) in [6.07, 6.45) is 0. The summed E-state index contributed by atoms with van der Waals surface area (Å²) in [5, 5.41) is 1.11. The number of hydrogen-bond donors (Lipinski definition) is 1. The molecular formula is C12H12BrNO. The highest BCUT2D eigenvalue weighted by Crippen LogP contribution is 2.32. The smallest absolute Gasteiger partial charge is 0.177 e. The lowest BCUT2D eigenvalue weighted by atomic mass is 10.1. The molecule has 15 heavy (non-hydrogen) atoms.